The second-order valence-electron chi connectivity index (χ2n) is 6.36. The summed E-state index contributed by atoms with van der Waals surface area (Å²) < 4.78 is 2.18. The fourth-order valence-electron chi connectivity index (χ4n) is 3.09. The number of carbonyl (C=O) groups is 1. The summed E-state index contributed by atoms with van der Waals surface area (Å²) in [5.41, 5.74) is 3.30. The van der Waals surface area contributed by atoms with Crippen LogP contribution in [-0.2, 0) is 6.54 Å². The predicted molar refractivity (Wildman–Crippen MR) is 93.1 cm³/mol. The number of benzene rings is 2. The van der Waals surface area contributed by atoms with Crippen LogP contribution in [0.15, 0.2) is 48.5 Å². The van der Waals surface area contributed by atoms with Crippen molar-refractivity contribution < 1.29 is 9.90 Å². The molecule has 1 heterocycles. The fraction of sp³-hybridized carbons (Fsp3) is 0.250. The zero-order valence-electron chi connectivity index (χ0n) is 13.7. The van der Waals surface area contributed by atoms with Crippen LogP contribution in [0, 0.1) is 12.8 Å². The molecule has 0 bridgehead atoms. The first kappa shape index (κ1) is 15.3. The Morgan fingerprint density at radius 1 is 1.13 bits per heavy atom. The van der Waals surface area contributed by atoms with E-state index in [2.05, 4.69) is 18.4 Å². The average Bonchev–Trinajstić information content (AvgIpc) is 2.79. The Labute approximate surface area is 136 Å². The van der Waals surface area contributed by atoms with Gasteiger partial charge < -0.3 is 9.67 Å². The van der Waals surface area contributed by atoms with Gasteiger partial charge in [0.05, 0.1) is 5.56 Å². The molecule has 0 aliphatic heterocycles. The molecule has 0 radical (unpaired) electrons. The normalized spacial score (nSPS) is 11.3. The van der Waals surface area contributed by atoms with E-state index in [-0.39, 0.29) is 11.5 Å². The number of fused-ring (bicyclic) bond motifs is 1. The number of ketones is 1. The summed E-state index contributed by atoms with van der Waals surface area (Å²) in [6.07, 6.45) is 0. The van der Waals surface area contributed by atoms with Crippen molar-refractivity contribution in [3.05, 3.63) is 65.4 Å². The fourth-order valence-corrected chi connectivity index (χ4v) is 3.09. The molecule has 0 aliphatic carbocycles. The molecule has 3 aromatic rings. The van der Waals surface area contributed by atoms with Gasteiger partial charge in [-0.2, -0.15) is 0 Å². The van der Waals surface area contributed by atoms with Crippen LogP contribution in [0.3, 0.4) is 0 Å². The van der Waals surface area contributed by atoms with Crippen LogP contribution in [0.1, 0.15) is 35.5 Å². The highest BCUT2D eigenvalue weighted by molar-refractivity contribution is 6.17. The number of phenolic OH excluding ortho intramolecular Hbond substituents is 1. The van der Waals surface area contributed by atoms with Crippen LogP contribution in [0.2, 0.25) is 0 Å². The molecular formula is C20H21NO2. The molecule has 0 saturated heterocycles. The highest BCUT2D eigenvalue weighted by Crippen LogP contribution is 2.31. The zero-order valence-corrected chi connectivity index (χ0v) is 13.7. The number of nitrogens with zero attached hydrogens (tertiary/aromatic N) is 1. The van der Waals surface area contributed by atoms with E-state index in [0.29, 0.717) is 17.0 Å². The highest BCUT2D eigenvalue weighted by Gasteiger charge is 2.21. The Balaban J connectivity index is 2.25. The van der Waals surface area contributed by atoms with E-state index < -0.39 is 0 Å². The lowest BCUT2D eigenvalue weighted by Gasteiger charge is -2.11. The van der Waals surface area contributed by atoms with Gasteiger partial charge in [0.1, 0.15) is 5.75 Å². The quantitative estimate of drug-likeness (QED) is 0.719. The molecule has 0 amide bonds. The molecule has 1 aromatic heterocycles. The van der Waals surface area contributed by atoms with Gasteiger partial charge in [-0.3, -0.25) is 4.79 Å². The first-order valence-electron chi connectivity index (χ1n) is 7.90. The van der Waals surface area contributed by atoms with E-state index in [9.17, 15) is 9.90 Å². The summed E-state index contributed by atoms with van der Waals surface area (Å²) in [5.74, 6) is 0.653. The first-order chi connectivity index (χ1) is 11.0. The minimum Gasteiger partial charge on any atom is -0.508 e. The van der Waals surface area contributed by atoms with Gasteiger partial charge in [-0.15, -0.1) is 0 Å². The molecule has 23 heavy (non-hydrogen) atoms. The van der Waals surface area contributed by atoms with Crippen LogP contribution in [0.5, 0.6) is 5.75 Å². The maximum atomic E-state index is 13.0. The standard InChI is InChI=1S/C20H21NO2/c1-13(2)12-21-14(3)19(17-11-16(22)9-10-18(17)21)20(23)15-7-5-4-6-8-15/h4-11,13,22H,12H2,1-3H3. The molecule has 0 aliphatic rings. The third-order valence-electron chi connectivity index (χ3n) is 4.12. The van der Waals surface area contributed by atoms with Crippen molar-refractivity contribution in [2.45, 2.75) is 27.3 Å². The smallest absolute Gasteiger partial charge is 0.195 e. The summed E-state index contributed by atoms with van der Waals surface area (Å²) >= 11 is 0. The lowest BCUT2D eigenvalue weighted by molar-refractivity contribution is 0.103. The number of hydrogen-bond donors (Lipinski definition) is 1. The van der Waals surface area contributed by atoms with E-state index in [1.165, 1.54) is 0 Å². The van der Waals surface area contributed by atoms with Crippen molar-refractivity contribution >= 4 is 16.7 Å². The van der Waals surface area contributed by atoms with Gasteiger partial charge in [0, 0.05) is 28.7 Å². The third kappa shape index (κ3) is 2.74. The van der Waals surface area contributed by atoms with Crippen LogP contribution >= 0.6 is 0 Å². The lowest BCUT2D eigenvalue weighted by Crippen LogP contribution is -2.08. The number of aromatic hydroxyl groups is 1. The molecule has 118 valence electrons. The monoisotopic (exact) mass is 307 g/mol. The topological polar surface area (TPSA) is 42.2 Å². The Kier molecular flexibility index (Phi) is 3.95. The number of rotatable bonds is 4. The average molecular weight is 307 g/mol. The van der Waals surface area contributed by atoms with E-state index in [1.807, 2.05) is 43.3 Å². The largest absolute Gasteiger partial charge is 0.508 e. The SMILES string of the molecule is Cc1c(C(=O)c2ccccc2)c2cc(O)ccc2n1CC(C)C. The van der Waals surface area contributed by atoms with Crippen LogP contribution in [0.25, 0.3) is 10.9 Å². The first-order valence-corrected chi connectivity index (χ1v) is 7.90. The summed E-state index contributed by atoms with van der Waals surface area (Å²) in [6, 6.07) is 14.6. The number of aromatic nitrogens is 1. The summed E-state index contributed by atoms with van der Waals surface area (Å²) in [6.45, 7) is 7.14. The summed E-state index contributed by atoms with van der Waals surface area (Å²) in [4.78, 5) is 13.0. The zero-order chi connectivity index (χ0) is 16.6. The van der Waals surface area contributed by atoms with Crippen LogP contribution < -0.4 is 0 Å². The van der Waals surface area contributed by atoms with Gasteiger partial charge in [-0.25, -0.2) is 0 Å². The third-order valence-corrected chi connectivity index (χ3v) is 4.12. The van der Waals surface area contributed by atoms with Crippen molar-refractivity contribution in [3.63, 3.8) is 0 Å². The molecule has 3 rings (SSSR count). The Hall–Kier alpha value is -2.55. The summed E-state index contributed by atoms with van der Waals surface area (Å²) in [5, 5.41) is 10.7. The van der Waals surface area contributed by atoms with Crippen molar-refractivity contribution in [3.8, 4) is 5.75 Å². The minimum absolute atomic E-state index is 0.00112. The van der Waals surface area contributed by atoms with Crippen molar-refractivity contribution in [1.82, 2.24) is 4.57 Å². The Bertz CT molecular complexity index is 860. The Morgan fingerprint density at radius 3 is 2.48 bits per heavy atom. The number of carbonyl (C=O) groups excluding carboxylic acids is 1. The van der Waals surface area contributed by atoms with E-state index in [4.69, 9.17) is 0 Å². The molecule has 0 unspecified atom stereocenters. The molecule has 0 atom stereocenters. The highest BCUT2D eigenvalue weighted by atomic mass is 16.3. The molecule has 3 nitrogen and oxygen atoms in total. The Morgan fingerprint density at radius 2 is 1.83 bits per heavy atom. The maximum absolute atomic E-state index is 13.0. The van der Waals surface area contributed by atoms with E-state index in [0.717, 1.165) is 23.1 Å². The van der Waals surface area contributed by atoms with E-state index >= 15 is 0 Å². The second-order valence-corrected chi connectivity index (χ2v) is 6.36. The lowest BCUT2D eigenvalue weighted by atomic mass is 10.0. The molecule has 0 fully saturated rings. The maximum Gasteiger partial charge on any atom is 0.195 e. The van der Waals surface area contributed by atoms with E-state index in [1.54, 1.807) is 12.1 Å². The van der Waals surface area contributed by atoms with Gasteiger partial charge in [0.25, 0.3) is 0 Å². The van der Waals surface area contributed by atoms with Gasteiger partial charge in [-0.05, 0) is 31.0 Å². The number of hydrogen-bond acceptors (Lipinski definition) is 2. The predicted octanol–water partition coefficient (Wildman–Crippen LogP) is 4.54. The minimum atomic E-state index is 0.00112. The van der Waals surface area contributed by atoms with Crippen molar-refractivity contribution in [2.24, 2.45) is 5.92 Å². The van der Waals surface area contributed by atoms with Crippen molar-refractivity contribution in [1.29, 1.82) is 0 Å². The van der Waals surface area contributed by atoms with Gasteiger partial charge in [0.2, 0.25) is 0 Å². The molecule has 2 aromatic carbocycles. The van der Waals surface area contributed by atoms with Gasteiger partial charge >= 0.3 is 0 Å². The van der Waals surface area contributed by atoms with Crippen molar-refractivity contribution in [2.75, 3.05) is 0 Å². The second kappa shape index (κ2) is 5.92. The number of phenols is 1. The van der Waals surface area contributed by atoms with Gasteiger partial charge in [-0.1, -0.05) is 44.2 Å². The summed E-state index contributed by atoms with van der Waals surface area (Å²) in [7, 11) is 0. The molecular weight excluding hydrogens is 286 g/mol. The van der Waals surface area contributed by atoms with Crippen LogP contribution in [0.4, 0.5) is 0 Å². The molecule has 3 heteroatoms. The van der Waals surface area contributed by atoms with Gasteiger partial charge in [0.15, 0.2) is 5.78 Å². The molecule has 1 N–H and O–H groups in total. The molecule has 0 spiro atoms. The van der Waals surface area contributed by atoms with Crippen LogP contribution in [-0.4, -0.2) is 15.5 Å². The molecule has 0 saturated carbocycles.